The zero-order valence-corrected chi connectivity index (χ0v) is 14.7. The number of hydrogen-bond donors (Lipinski definition) is 1. The van der Waals surface area contributed by atoms with Crippen molar-refractivity contribution in [3.05, 3.63) is 22.4 Å². The van der Waals surface area contributed by atoms with E-state index in [9.17, 15) is 4.79 Å². The van der Waals surface area contributed by atoms with Gasteiger partial charge in [0.05, 0.1) is 13.2 Å². The fraction of sp³-hybridized carbons (Fsp3) is 0.706. The molecule has 2 fully saturated rings. The molecular weight excluding hydrogens is 310 g/mol. The Morgan fingerprint density at radius 1 is 1.43 bits per heavy atom. The Hall–Kier alpha value is -1.11. The quantitative estimate of drug-likeness (QED) is 0.896. The van der Waals surface area contributed by atoms with Gasteiger partial charge in [-0.1, -0.05) is 6.07 Å². The number of nitrogens with zero attached hydrogens (tertiary/aromatic N) is 2. The van der Waals surface area contributed by atoms with Crippen LogP contribution in [0.4, 0.5) is 4.79 Å². The van der Waals surface area contributed by atoms with Crippen LogP contribution in [0.25, 0.3) is 0 Å². The predicted octanol–water partition coefficient (Wildman–Crippen LogP) is 2.19. The molecule has 23 heavy (non-hydrogen) atoms. The summed E-state index contributed by atoms with van der Waals surface area (Å²) in [5, 5.41) is 5.26. The van der Waals surface area contributed by atoms with Crippen molar-refractivity contribution in [2.45, 2.75) is 38.3 Å². The van der Waals surface area contributed by atoms with Gasteiger partial charge in [-0.05, 0) is 31.2 Å². The lowest BCUT2D eigenvalue weighted by Gasteiger charge is -2.33. The maximum absolute atomic E-state index is 12.6. The summed E-state index contributed by atoms with van der Waals surface area (Å²) in [6, 6.07) is 4.82. The summed E-state index contributed by atoms with van der Waals surface area (Å²) >= 11 is 1.75. The maximum Gasteiger partial charge on any atom is 0.317 e. The van der Waals surface area contributed by atoms with E-state index < -0.39 is 0 Å². The molecule has 0 saturated carbocycles. The van der Waals surface area contributed by atoms with Crippen molar-refractivity contribution in [1.82, 2.24) is 15.1 Å². The number of hydrogen-bond acceptors (Lipinski definition) is 4. The monoisotopic (exact) mass is 337 g/mol. The molecule has 2 amide bonds. The van der Waals surface area contributed by atoms with Crippen LogP contribution in [0.15, 0.2) is 17.5 Å². The zero-order chi connectivity index (χ0) is 16.1. The lowest BCUT2D eigenvalue weighted by atomic mass is 10.2. The third-order valence-corrected chi connectivity index (χ3v) is 5.57. The number of amides is 2. The highest BCUT2D eigenvalue weighted by Crippen LogP contribution is 2.19. The summed E-state index contributed by atoms with van der Waals surface area (Å²) in [5.41, 5.74) is 0. The topological polar surface area (TPSA) is 44.8 Å². The van der Waals surface area contributed by atoms with Gasteiger partial charge in [0.2, 0.25) is 0 Å². The van der Waals surface area contributed by atoms with E-state index in [-0.39, 0.29) is 12.1 Å². The van der Waals surface area contributed by atoms with Gasteiger partial charge in [0.1, 0.15) is 0 Å². The Morgan fingerprint density at radius 2 is 2.26 bits per heavy atom. The van der Waals surface area contributed by atoms with Crippen molar-refractivity contribution < 1.29 is 9.53 Å². The van der Waals surface area contributed by atoms with Gasteiger partial charge in [-0.3, -0.25) is 4.90 Å². The second-order valence-electron chi connectivity index (χ2n) is 6.54. The first-order valence-electron chi connectivity index (χ1n) is 8.62. The number of carbonyl (C=O) groups is 1. The van der Waals surface area contributed by atoms with Crippen molar-refractivity contribution in [2.75, 3.05) is 39.4 Å². The molecule has 0 radical (unpaired) electrons. The number of morpholine rings is 1. The van der Waals surface area contributed by atoms with Crippen LogP contribution < -0.4 is 5.32 Å². The molecule has 2 aliphatic heterocycles. The summed E-state index contributed by atoms with van der Waals surface area (Å²) in [6.07, 6.45) is 3.14. The molecule has 0 unspecified atom stereocenters. The van der Waals surface area contributed by atoms with Crippen LogP contribution in [0.2, 0.25) is 0 Å². The highest BCUT2D eigenvalue weighted by Gasteiger charge is 2.31. The largest absolute Gasteiger partial charge is 0.379 e. The van der Waals surface area contributed by atoms with Crippen LogP contribution in [0, 0.1) is 0 Å². The van der Waals surface area contributed by atoms with E-state index in [2.05, 4.69) is 34.7 Å². The molecule has 1 N–H and O–H groups in total. The van der Waals surface area contributed by atoms with Crippen molar-refractivity contribution in [1.29, 1.82) is 0 Å². The van der Waals surface area contributed by atoms with Crippen LogP contribution in [0.1, 0.15) is 24.6 Å². The number of thiophene rings is 1. The number of ether oxygens (including phenoxy) is 1. The second-order valence-corrected chi connectivity index (χ2v) is 7.57. The zero-order valence-electron chi connectivity index (χ0n) is 13.9. The number of likely N-dealkylation sites (tertiary alicyclic amines) is 1. The number of nitrogens with one attached hydrogen (secondary N) is 1. The first kappa shape index (κ1) is 16.7. The average molecular weight is 337 g/mol. The van der Waals surface area contributed by atoms with E-state index >= 15 is 0 Å². The lowest BCUT2D eigenvalue weighted by molar-refractivity contribution is 0.0291. The Kier molecular flexibility index (Phi) is 5.91. The van der Waals surface area contributed by atoms with Gasteiger partial charge in [-0.15, -0.1) is 11.3 Å². The van der Waals surface area contributed by atoms with Gasteiger partial charge in [0.25, 0.3) is 0 Å². The van der Waals surface area contributed by atoms with Gasteiger partial charge in [-0.2, -0.15) is 0 Å². The highest BCUT2D eigenvalue weighted by atomic mass is 32.1. The summed E-state index contributed by atoms with van der Waals surface area (Å²) in [5.74, 6) is 0. The number of urea groups is 1. The molecule has 0 bridgehead atoms. The van der Waals surface area contributed by atoms with Crippen LogP contribution >= 0.6 is 11.3 Å². The van der Waals surface area contributed by atoms with Gasteiger partial charge < -0.3 is 15.0 Å². The minimum absolute atomic E-state index is 0.102. The minimum atomic E-state index is 0.102. The average Bonchev–Trinajstić information content (AvgIpc) is 3.20. The summed E-state index contributed by atoms with van der Waals surface area (Å²) < 4.78 is 5.41. The first-order chi connectivity index (χ1) is 11.2. The Labute approximate surface area is 142 Å². The van der Waals surface area contributed by atoms with E-state index in [1.165, 1.54) is 4.88 Å². The fourth-order valence-corrected chi connectivity index (χ4v) is 4.29. The fourth-order valence-electron chi connectivity index (χ4n) is 3.45. The third-order valence-electron chi connectivity index (χ3n) is 4.67. The van der Waals surface area contributed by atoms with Crippen LogP contribution in [-0.4, -0.2) is 67.3 Å². The Morgan fingerprint density at radius 3 is 3.00 bits per heavy atom. The first-order valence-corrected chi connectivity index (χ1v) is 9.50. The molecular formula is C17H27N3O2S. The van der Waals surface area contributed by atoms with E-state index in [0.29, 0.717) is 6.04 Å². The maximum atomic E-state index is 12.6. The molecule has 2 atom stereocenters. The van der Waals surface area contributed by atoms with Gasteiger partial charge in [-0.25, -0.2) is 4.79 Å². The lowest BCUT2D eigenvalue weighted by Crippen LogP contribution is -2.51. The molecule has 128 valence electrons. The van der Waals surface area contributed by atoms with Crippen LogP contribution in [-0.2, 0) is 11.2 Å². The standard InChI is InChI=1S/C17H27N3O2S/c1-14(12-16-5-3-11-23-16)18-17(21)20-6-2-4-15(20)13-19-7-9-22-10-8-19/h3,5,11,14-15H,2,4,6-10,12-13H2,1H3,(H,18,21)/t14-,15+/m0/s1. The smallest absolute Gasteiger partial charge is 0.317 e. The summed E-state index contributed by atoms with van der Waals surface area (Å²) in [4.78, 5) is 18.4. The van der Waals surface area contributed by atoms with E-state index in [1.807, 2.05) is 4.90 Å². The molecule has 0 spiro atoms. The summed E-state index contributed by atoms with van der Waals surface area (Å²) in [6.45, 7) is 7.56. The minimum Gasteiger partial charge on any atom is -0.379 e. The molecule has 6 heteroatoms. The normalized spacial score (nSPS) is 23.9. The molecule has 0 aliphatic carbocycles. The molecule has 1 aromatic rings. The molecule has 3 heterocycles. The third kappa shape index (κ3) is 4.68. The van der Waals surface area contributed by atoms with E-state index in [1.54, 1.807) is 11.3 Å². The number of carbonyl (C=O) groups excluding carboxylic acids is 1. The molecule has 3 rings (SSSR count). The molecule has 0 aromatic carbocycles. The molecule has 2 saturated heterocycles. The van der Waals surface area contributed by atoms with Crippen molar-refractivity contribution in [3.8, 4) is 0 Å². The molecule has 2 aliphatic rings. The van der Waals surface area contributed by atoms with Crippen molar-refractivity contribution >= 4 is 17.4 Å². The molecule has 5 nitrogen and oxygen atoms in total. The Balaban J connectivity index is 1.48. The van der Waals surface area contributed by atoms with E-state index in [0.717, 1.165) is 58.7 Å². The van der Waals surface area contributed by atoms with Crippen LogP contribution in [0.5, 0.6) is 0 Å². The summed E-state index contributed by atoms with van der Waals surface area (Å²) in [7, 11) is 0. The highest BCUT2D eigenvalue weighted by molar-refractivity contribution is 7.09. The Bertz CT molecular complexity index is 488. The van der Waals surface area contributed by atoms with E-state index in [4.69, 9.17) is 4.74 Å². The molecule has 1 aromatic heterocycles. The van der Waals surface area contributed by atoms with Crippen molar-refractivity contribution in [3.63, 3.8) is 0 Å². The van der Waals surface area contributed by atoms with Gasteiger partial charge >= 0.3 is 6.03 Å². The second kappa shape index (κ2) is 8.13. The van der Waals surface area contributed by atoms with Crippen LogP contribution in [0.3, 0.4) is 0 Å². The van der Waals surface area contributed by atoms with Gasteiger partial charge in [0, 0.05) is 49.6 Å². The predicted molar refractivity (Wildman–Crippen MR) is 93.0 cm³/mol. The number of rotatable bonds is 5. The SMILES string of the molecule is C[C@@H](Cc1cccs1)NC(=O)N1CCC[C@@H]1CN1CCOCC1. The van der Waals surface area contributed by atoms with Gasteiger partial charge in [0.15, 0.2) is 0 Å². The van der Waals surface area contributed by atoms with Crippen molar-refractivity contribution in [2.24, 2.45) is 0 Å².